The van der Waals surface area contributed by atoms with Crippen LogP contribution in [0.1, 0.15) is 38.9 Å². The van der Waals surface area contributed by atoms with Crippen molar-refractivity contribution < 1.29 is 9.53 Å². The Hall–Kier alpha value is -2.80. The molecule has 2 atom stereocenters. The highest BCUT2D eigenvalue weighted by Gasteiger charge is 2.29. The molecule has 0 bridgehead atoms. The number of likely N-dealkylation sites (tertiary alicyclic amines) is 1. The number of carbonyl (C=O) groups is 1. The van der Waals surface area contributed by atoms with E-state index >= 15 is 0 Å². The number of thioether (sulfide) groups is 1. The fraction of sp³-hybridized carbons (Fsp3) is 0.375. The van der Waals surface area contributed by atoms with Gasteiger partial charge < -0.3 is 9.64 Å². The van der Waals surface area contributed by atoms with Gasteiger partial charge >= 0.3 is 0 Å². The number of piperidine rings is 1. The summed E-state index contributed by atoms with van der Waals surface area (Å²) in [4.78, 5) is 15.0. The van der Waals surface area contributed by atoms with Crippen LogP contribution in [-0.4, -0.2) is 43.4 Å². The summed E-state index contributed by atoms with van der Waals surface area (Å²) in [5, 5.41) is 9.45. The minimum Gasteiger partial charge on any atom is -0.486 e. The maximum atomic E-state index is 13.0. The van der Waals surface area contributed by atoms with Gasteiger partial charge in [0.2, 0.25) is 5.91 Å². The SMILES string of the molecule is C[C@H]1CCC[C@H](C)N1C(=O)CSc1nnc(COc2ccccc2)n1-c1ccccc1. The van der Waals surface area contributed by atoms with Crippen molar-refractivity contribution >= 4 is 17.7 Å². The number of aromatic nitrogens is 3. The van der Waals surface area contributed by atoms with E-state index in [1.54, 1.807) is 0 Å². The highest BCUT2D eigenvalue weighted by molar-refractivity contribution is 7.99. The smallest absolute Gasteiger partial charge is 0.233 e. The Balaban J connectivity index is 1.52. The van der Waals surface area contributed by atoms with Gasteiger partial charge in [-0.15, -0.1) is 10.2 Å². The molecule has 0 aliphatic carbocycles. The third-order valence-electron chi connectivity index (χ3n) is 5.63. The molecule has 3 aromatic rings. The average Bonchev–Trinajstić information content (AvgIpc) is 3.20. The van der Waals surface area contributed by atoms with Gasteiger partial charge in [0.25, 0.3) is 0 Å². The first-order valence-corrected chi connectivity index (χ1v) is 11.7. The zero-order chi connectivity index (χ0) is 21.6. The number of benzene rings is 2. The van der Waals surface area contributed by atoms with Crippen molar-refractivity contribution in [1.29, 1.82) is 0 Å². The summed E-state index contributed by atoms with van der Waals surface area (Å²) in [6.45, 7) is 4.58. The largest absolute Gasteiger partial charge is 0.486 e. The number of carbonyl (C=O) groups excluding carboxylic acids is 1. The van der Waals surface area contributed by atoms with E-state index in [-0.39, 0.29) is 5.91 Å². The Morgan fingerprint density at radius 3 is 2.32 bits per heavy atom. The molecular weight excluding hydrogens is 408 g/mol. The van der Waals surface area contributed by atoms with Crippen LogP contribution < -0.4 is 4.74 Å². The van der Waals surface area contributed by atoms with Crippen molar-refractivity contribution in [3.8, 4) is 11.4 Å². The van der Waals surface area contributed by atoms with Crippen LogP contribution in [0.15, 0.2) is 65.8 Å². The van der Waals surface area contributed by atoms with Crippen LogP contribution in [0.3, 0.4) is 0 Å². The van der Waals surface area contributed by atoms with Gasteiger partial charge in [-0.25, -0.2) is 0 Å². The highest BCUT2D eigenvalue weighted by atomic mass is 32.2. The van der Waals surface area contributed by atoms with Crippen LogP contribution in [0, 0.1) is 0 Å². The molecule has 1 amide bonds. The van der Waals surface area contributed by atoms with E-state index < -0.39 is 0 Å². The van der Waals surface area contributed by atoms with Gasteiger partial charge in [0.15, 0.2) is 11.0 Å². The minimum absolute atomic E-state index is 0.161. The van der Waals surface area contributed by atoms with E-state index in [9.17, 15) is 4.79 Å². The normalized spacial score (nSPS) is 18.7. The molecule has 1 aliphatic rings. The number of hydrogen-bond acceptors (Lipinski definition) is 5. The number of amides is 1. The topological polar surface area (TPSA) is 60.3 Å². The van der Waals surface area contributed by atoms with E-state index in [1.807, 2.05) is 70.1 Å². The van der Waals surface area contributed by atoms with Crippen LogP contribution in [0.2, 0.25) is 0 Å². The Kier molecular flexibility index (Phi) is 6.92. The maximum absolute atomic E-state index is 13.0. The first-order valence-electron chi connectivity index (χ1n) is 10.7. The molecular formula is C24H28N4O2S. The second-order valence-corrected chi connectivity index (χ2v) is 8.83. The molecule has 31 heavy (non-hydrogen) atoms. The standard InChI is InChI=1S/C24H28N4O2S/c1-18-10-9-11-19(2)27(18)23(29)17-31-24-26-25-22(16-30-21-14-7-4-8-15-21)28(24)20-12-5-3-6-13-20/h3-8,12-15,18-19H,9-11,16-17H2,1-2H3/t18-,19-/m0/s1. The van der Waals surface area contributed by atoms with Crippen molar-refractivity contribution in [3.63, 3.8) is 0 Å². The molecule has 0 spiro atoms. The monoisotopic (exact) mass is 436 g/mol. The molecule has 0 radical (unpaired) electrons. The summed E-state index contributed by atoms with van der Waals surface area (Å²) in [5.41, 5.74) is 0.953. The first kappa shape index (κ1) is 21.4. The number of ether oxygens (including phenoxy) is 1. The summed E-state index contributed by atoms with van der Waals surface area (Å²) < 4.78 is 7.88. The van der Waals surface area contributed by atoms with E-state index in [2.05, 4.69) is 24.0 Å². The Labute approximate surface area is 187 Å². The van der Waals surface area contributed by atoms with Gasteiger partial charge in [0, 0.05) is 17.8 Å². The lowest BCUT2D eigenvalue weighted by Gasteiger charge is -2.39. The number of rotatable bonds is 7. The Bertz CT molecular complexity index is 983. The van der Waals surface area contributed by atoms with Crippen LogP contribution in [0.5, 0.6) is 5.75 Å². The van der Waals surface area contributed by atoms with E-state index in [0.717, 1.165) is 24.3 Å². The third-order valence-corrected chi connectivity index (χ3v) is 6.55. The molecule has 6 nitrogen and oxygen atoms in total. The molecule has 2 aromatic carbocycles. The van der Waals surface area contributed by atoms with Crippen LogP contribution in [0.25, 0.3) is 5.69 Å². The third kappa shape index (κ3) is 5.10. The predicted molar refractivity (Wildman–Crippen MR) is 122 cm³/mol. The second kappa shape index (κ2) is 10.0. The van der Waals surface area contributed by atoms with Gasteiger partial charge in [-0.3, -0.25) is 9.36 Å². The summed E-state index contributed by atoms with van der Waals surface area (Å²) in [6, 6.07) is 20.2. The van der Waals surface area contributed by atoms with Crippen molar-refractivity contribution in [2.75, 3.05) is 5.75 Å². The lowest BCUT2D eigenvalue weighted by atomic mass is 9.98. The molecule has 4 rings (SSSR count). The Morgan fingerprint density at radius 2 is 1.65 bits per heavy atom. The lowest BCUT2D eigenvalue weighted by Crippen LogP contribution is -2.48. The fourth-order valence-corrected chi connectivity index (χ4v) is 4.94. The number of para-hydroxylation sites is 2. The lowest BCUT2D eigenvalue weighted by molar-refractivity contribution is -0.134. The van der Waals surface area contributed by atoms with Gasteiger partial charge in [-0.1, -0.05) is 48.2 Å². The molecule has 1 aliphatic heterocycles. The second-order valence-electron chi connectivity index (χ2n) is 7.89. The first-order chi connectivity index (χ1) is 15.1. The van der Waals surface area contributed by atoms with E-state index in [1.165, 1.54) is 18.2 Å². The molecule has 0 N–H and O–H groups in total. The van der Waals surface area contributed by atoms with E-state index in [4.69, 9.17) is 4.74 Å². The number of hydrogen-bond donors (Lipinski definition) is 0. The average molecular weight is 437 g/mol. The molecule has 1 saturated heterocycles. The zero-order valence-corrected chi connectivity index (χ0v) is 18.8. The van der Waals surface area contributed by atoms with Crippen LogP contribution >= 0.6 is 11.8 Å². The van der Waals surface area contributed by atoms with Crippen molar-refractivity contribution in [3.05, 3.63) is 66.5 Å². The van der Waals surface area contributed by atoms with E-state index in [0.29, 0.717) is 35.4 Å². The predicted octanol–water partition coefficient (Wildman–Crippen LogP) is 4.73. The molecule has 162 valence electrons. The van der Waals surface area contributed by atoms with Crippen molar-refractivity contribution in [2.45, 2.75) is 57.0 Å². The van der Waals surface area contributed by atoms with Gasteiger partial charge in [-0.2, -0.15) is 0 Å². The van der Waals surface area contributed by atoms with Gasteiger partial charge in [0.1, 0.15) is 12.4 Å². The minimum atomic E-state index is 0.161. The summed E-state index contributed by atoms with van der Waals surface area (Å²) in [6.07, 6.45) is 3.33. The molecule has 1 fully saturated rings. The van der Waals surface area contributed by atoms with Crippen molar-refractivity contribution in [1.82, 2.24) is 19.7 Å². The van der Waals surface area contributed by atoms with Crippen LogP contribution in [0.4, 0.5) is 0 Å². The fourth-order valence-electron chi connectivity index (χ4n) is 4.10. The van der Waals surface area contributed by atoms with Gasteiger partial charge in [-0.05, 0) is 57.4 Å². The number of nitrogens with zero attached hydrogens (tertiary/aromatic N) is 4. The molecule has 0 unspecified atom stereocenters. The quantitative estimate of drug-likeness (QED) is 0.501. The zero-order valence-electron chi connectivity index (χ0n) is 18.0. The molecule has 7 heteroatoms. The Morgan fingerprint density at radius 1 is 1.00 bits per heavy atom. The highest BCUT2D eigenvalue weighted by Crippen LogP contribution is 2.27. The summed E-state index contributed by atoms with van der Waals surface area (Å²) in [7, 11) is 0. The summed E-state index contributed by atoms with van der Waals surface area (Å²) >= 11 is 1.43. The van der Waals surface area contributed by atoms with Gasteiger partial charge in [0.05, 0.1) is 5.75 Å². The van der Waals surface area contributed by atoms with Crippen molar-refractivity contribution in [2.24, 2.45) is 0 Å². The maximum Gasteiger partial charge on any atom is 0.233 e. The molecule has 1 aromatic heterocycles. The molecule has 0 saturated carbocycles. The summed E-state index contributed by atoms with van der Waals surface area (Å²) in [5.74, 6) is 1.99. The molecule has 2 heterocycles. The van der Waals surface area contributed by atoms with Crippen LogP contribution in [-0.2, 0) is 11.4 Å².